The van der Waals surface area contributed by atoms with Crippen LogP contribution in [0.5, 0.6) is 0 Å². The largest absolute Gasteiger partial charge is 0.329 e. The van der Waals surface area contributed by atoms with E-state index in [1.165, 1.54) is 10.4 Å². The average Bonchev–Trinajstić information content (AvgIpc) is 3.15. The molecular formula is C16H20N4S. The summed E-state index contributed by atoms with van der Waals surface area (Å²) in [6.07, 6.45) is 6.07. The summed E-state index contributed by atoms with van der Waals surface area (Å²) in [6.45, 7) is 4.16. The molecule has 2 heterocycles. The smallest absolute Gasteiger partial charge is 0.0958 e. The van der Waals surface area contributed by atoms with Crippen molar-refractivity contribution in [2.24, 2.45) is 0 Å². The van der Waals surface area contributed by atoms with Gasteiger partial charge in [-0.15, -0.1) is 11.3 Å². The number of para-hydroxylation sites is 2. The number of aromatic nitrogens is 3. The third-order valence-corrected chi connectivity index (χ3v) is 4.36. The van der Waals surface area contributed by atoms with Crippen LogP contribution in [0, 0.1) is 0 Å². The van der Waals surface area contributed by atoms with Gasteiger partial charge >= 0.3 is 0 Å². The molecule has 1 atom stereocenters. The Morgan fingerprint density at radius 2 is 2.24 bits per heavy atom. The van der Waals surface area contributed by atoms with Gasteiger partial charge in [0.15, 0.2) is 0 Å². The Kier molecular flexibility index (Phi) is 4.62. The zero-order valence-corrected chi connectivity index (χ0v) is 13.0. The minimum Gasteiger partial charge on any atom is -0.329 e. The van der Waals surface area contributed by atoms with Crippen LogP contribution in [0.15, 0.2) is 42.3 Å². The van der Waals surface area contributed by atoms with Crippen molar-refractivity contribution < 1.29 is 0 Å². The van der Waals surface area contributed by atoms with Crippen molar-refractivity contribution in [3.63, 3.8) is 0 Å². The average molecular weight is 300 g/mol. The van der Waals surface area contributed by atoms with Gasteiger partial charge < -0.3 is 9.88 Å². The van der Waals surface area contributed by atoms with Gasteiger partial charge in [0.1, 0.15) is 0 Å². The maximum atomic E-state index is 4.47. The van der Waals surface area contributed by atoms with Gasteiger partial charge in [-0.1, -0.05) is 19.1 Å². The summed E-state index contributed by atoms with van der Waals surface area (Å²) in [7, 11) is 0. The fourth-order valence-electron chi connectivity index (χ4n) is 2.53. The fraction of sp³-hybridized carbons (Fsp3) is 0.375. The molecule has 0 aliphatic rings. The number of hydrogen-bond acceptors (Lipinski definition) is 4. The number of benzene rings is 1. The molecule has 0 aliphatic carbocycles. The van der Waals surface area contributed by atoms with Crippen LogP contribution in [0.25, 0.3) is 11.0 Å². The van der Waals surface area contributed by atoms with Crippen molar-refractivity contribution in [1.29, 1.82) is 0 Å². The molecule has 21 heavy (non-hydrogen) atoms. The summed E-state index contributed by atoms with van der Waals surface area (Å²) in [5, 5.41) is 3.64. The Hall–Kier alpha value is -1.72. The standard InChI is InChI=1S/C16H20N4S/c1-2-7-18-13(8-14-9-17-12-21-14)10-20-11-19-15-5-3-4-6-16(15)20/h3-6,9,11-13,18H,2,7-8,10H2,1H3. The molecular weight excluding hydrogens is 280 g/mol. The zero-order valence-electron chi connectivity index (χ0n) is 12.2. The summed E-state index contributed by atoms with van der Waals surface area (Å²) >= 11 is 1.72. The Morgan fingerprint density at radius 1 is 1.33 bits per heavy atom. The monoisotopic (exact) mass is 300 g/mol. The number of nitrogens with one attached hydrogen (secondary N) is 1. The van der Waals surface area contributed by atoms with Gasteiger partial charge in [0, 0.05) is 30.1 Å². The third kappa shape index (κ3) is 3.49. The van der Waals surface area contributed by atoms with E-state index in [2.05, 4.69) is 45.0 Å². The van der Waals surface area contributed by atoms with E-state index < -0.39 is 0 Å². The van der Waals surface area contributed by atoms with Crippen LogP contribution in [-0.2, 0) is 13.0 Å². The van der Waals surface area contributed by atoms with Gasteiger partial charge in [0.25, 0.3) is 0 Å². The van der Waals surface area contributed by atoms with Crippen molar-refractivity contribution >= 4 is 22.4 Å². The SMILES string of the molecule is CCCNC(Cc1cncs1)Cn1cnc2ccccc21. The van der Waals surface area contributed by atoms with Crippen molar-refractivity contribution in [1.82, 2.24) is 19.9 Å². The lowest BCUT2D eigenvalue weighted by molar-refractivity contribution is 0.452. The molecule has 0 saturated carbocycles. The summed E-state index contributed by atoms with van der Waals surface area (Å²) in [6, 6.07) is 8.69. The van der Waals surface area contributed by atoms with E-state index in [4.69, 9.17) is 0 Å². The Bertz CT molecular complexity index is 674. The van der Waals surface area contributed by atoms with Gasteiger partial charge in [-0.25, -0.2) is 4.98 Å². The summed E-state index contributed by atoms with van der Waals surface area (Å²) in [5.74, 6) is 0. The lowest BCUT2D eigenvalue weighted by Crippen LogP contribution is -2.35. The molecule has 0 radical (unpaired) electrons. The molecule has 0 spiro atoms. The molecule has 4 nitrogen and oxygen atoms in total. The van der Waals surface area contributed by atoms with Crippen LogP contribution in [0.3, 0.4) is 0 Å². The maximum Gasteiger partial charge on any atom is 0.0958 e. The van der Waals surface area contributed by atoms with Gasteiger partial charge in [-0.2, -0.15) is 0 Å². The summed E-state index contributed by atoms with van der Waals surface area (Å²) < 4.78 is 2.24. The second kappa shape index (κ2) is 6.83. The highest BCUT2D eigenvalue weighted by Crippen LogP contribution is 2.15. The molecule has 0 fully saturated rings. The first-order valence-electron chi connectivity index (χ1n) is 7.37. The zero-order chi connectivity index (χ0) is 14.5. The minimum absolute atomic E-state index is 0.406. The van der Waals surface area contributed by atoms with E-state index in [9.17, 15) is 0 Å². The molecule has 0 saturated heterocycles. The lowest BCUT2D eigenvalue weighted by Gasteiger charge is -2.18. The lowest BCUT2D eigenvalue weighted by atomic mass is 10.1. The molecule has 110 valence electrons. The molecule has 0 aliphatic heterocycles. The Morgan fingerprint density at radius 3 is 3.05 bits per heavy atom. The number of fused-ring (bicyclic) bond motifs is 1. The topological polar surface area (TPSA) is 42.7 Å². The quantitative estimate of drug-likeness (QED) is 0.729. The van der Waals surface area contributed by atoms with E-state index in [0.29, 0.717) is 6.04 Å². The first-order chi connectivity index (χ1) is 10.4. The van der Waals surface area contributed by atoms with Crippen molar-refractivity contribution in [2.45, 2.75) is 32.4 Å². The van der Waals surface area contributed by atoms with Crippen LogP contribution >= 0.6 is 11.3 Å². The van der Waals surface area contributed by atoms with Gasteiger partial charge in [-0.05, 0) is 25.1 Å². The van der Waals surface area contributed by atoms with Crippen molar-refractivity contribution in [3.8, 4) is 0 Å². The minimum atomic E-state index is 0.406. The predicted molar refractivity (Wildman–Crippen MR) is 87.6 cm³/mol. The molecule has 1 unspecified atom stereocenters. The molecule has 1 N–H and O–H groups in total. The Balaban J connectivity index is 1.76. The Labute approximate surface area is 128 Å². The first kappa shape index (κ1) is 14.2. The van der Waals surface area contributed by atoms with E-state index in [1.54, 1.807) is 11.3 Å². The molecule has 3 rings (SSSR count). The number of rotatable bonds is 7. The number of nitrogens with zero attached hydrogens (tertiary/aromatic N) is 3. The first-order valence-corrected chi connectivity index (χ1v) is 8.25. The van der Waals surface area contributed by atoms with Crippen LogP contribution in [-0.4, -0.2) is 27.1 Å². The number of imidazole rings is 1. The van der Waals surface area contributed by atoms with Crippen LogP contribution < -0.4 is 5.32 Å². The molecule has 3 aromatic rings. The fourth-order valence-corrected chi connectivity index (χ4v) is 3.20. The van der Waals surface area contributed by atoms with Crippen LogP contribution in [0.1, 0.15) is 18.2 Å². The molecule has 5 heteroatoms. The predicted octanol–water partition coefficient (Wildman–Crippen LogP) is 3.10. The second-order valence-electron chi connectivity index (χ2n) is 5.21. The van der Waals surface area contributed by atoms with Crippen molar-refractivity contribution in [2.75, 3.05) is 6.54 Å². The normalized spacial score (nSPS) is 12.8. The number of thiazole rings is 1. The highest BCUT2D eigenvalue weighted by atomic mass is 32.1. The summed E-state index contributed by atoms with van der Waals surface area (Å²) in [5.41, 5.74) is 4.16. The maximum absolute atomic E-state index is 4.47. The molecule has 1 aromatic carbocycles. The molecule has 0 amide bonds. The summed E-state index contributed by atoms with van der Waals surface area (Å²) in [4.78, 5) is 9.98. The second-order valence-corrected chi connectivity index (χ2v) is 6.18. The third-order valence-electron chi connectivity index (χ3n) is 3.56. The van der Waals surface area contributed by atoms with Crippen LogP contribution in [0.4, 0.5) is 0 Å². The highest BCUT2D eigenvalue weighted by molar-refractivity contribution is 7.09. The highest BCUT2D eigenvalue weighted by Gasteiger charge is 2.12. The van der Waals surface area contributed by atoms with Crippen LogP contribution in [0.2, 0.25) is 0 Å². The van der Waals surface area contributed by atoms with Crippen molar-refractivity contribution in [3.05, 3.63) is 47.2 Å². The van der Waals surface area contributed by atoms with Gasteiger partial charge in [-0.3, -0.25) is 4.98 Å². The van der Waals surface area contributed by atoms with E-state index in [-0.39, 0.29) is 0 Å². The van der Waals surface area contributed by atoms with Gasteiger partial charge in [0.05, 0.1) is 22.9 Å². The molecule has 2 aromatic heterocycles. The molecule has 0 bridgehead atoms. The number of hydrogen-bond donors (Lipinski definition) is 1. The van der Waals surface area contributed by atoms with Gasteiger partial charge in [0.2, 0.25) is 0 Å². The van der Waals surface area contributed by atoms with E-state index >= 15 is 0 Å². The van der Waals surface area contributed by atoms with E-state index in [1.807, 2.05) is 24.1 Å². The van der Waals surface area contributed by atoms with E-state index in [0.717, 1.165) is 31.4 Å².